The summed E-state index contributed by atoms with van der Waals surface area (Å²) in [7, 11) is 0. The minimum Gasteiger partial charge on any atom is -0.446 e. The number of rotatable bonds is 10. The molecule has 72 heavy (non-hydrogen) atoms. The van der Waals surface area contributed by atoms with Crippen LogP contribution in [0.15, 0.2) is 48.5 Å². The van der Waals surface area contributed by atoms with E-state index in [1.165, 1.54) is 49.2 Å². The second-order valence-corrected chi connectivity index (χ2v) is 22.7. The monoisotopic (exact) mass is 1010 g/mol. The number of nitrogens with one attached hydrogen (secondary N) is 2. The van der Waals surface area contributed by atoms with Gasteiger partial charge in [-0.15, -0.1) is 0 Å². The smallest absolute Gasteiger partial charge is 0.412 e. The molecule has 4 saturated carbocycles. The summed E-state index contributed by atoms with van der Waals surface area (Å²) in [5, 5.41) is 60.8. The molecule has 0 aromatic heterocycles. The Morgan fingerprint density at radius 2 is 1.36 bits per heavy atom. The van der Waals surface area contributed by atoms with Crippen molar-refractivity contribution in [2.45, 2.75) is 171 Å². The number of fused-ring (bicyclic) bond motifs is 7. The lowest BCUT2D eigenvalue weighted by Crippen LogP contribution is -2.65. The van der Waals surface area contributed by atoms with Crippen molar-refractivity contribution in [3.63, 3.8) is 0 Å². The minimum atomic E-state index is -2.01. The molecule has 8 aliphatic rings. The number of carbonyl (C=O) groups is 2. The quantitative estimate of drug-likeness (QED) is 0.131. The largest absolute Gasteiger partial charge is 0.446 e. The molecule has 0 unspecified atom stereocenters. The highest BCUT2D eigenvalue weighted by atomic mass is 19.1. The first-order chi connectivity index (χ1) is 34.4. The topological polar surface area (TPSA) is 233 Å². The summed E-state index contributed by atoms with van der Waals surface area (Å²) in [5.41, 5.74) is -0.141. The molecule has 10 rings (SSSR count). The van der Waals surface area contributed by atoms with Crippen LogP contribution in [0.1, 0.15) is 91.9 Å². The fourth-order valence-corrected chi connectivity index (χ4v) is 15.0. The maximum absolute atomic E-state index is 14.4. The van der Waals surface area contributed by atoms with Crippen LogP contribution < -0.4 is 10.6 Å². The first-order valence-electron chi connectivity index (χ1n) is 26.1. The molecule has 2 amide bonds. The molecule has 2 aromatic rings. The fraction of sp³-hybridized carbons (Fsp3) is 0.736. The number of amides is 2. The molecule has 22 atom stereocenters. The van der Waals surface area contributed by atoms with Gasteiger partial charge in [0.2, 0.25) is 0 Å². The van der Waals surface area contributed by atoms with Gasteiger partial charge < -0.3 is 63.4 Å². The number of para-hydroxylation sites is 2. The van der Waals surface area contributed by atoms with E-state index in [0.717, 1.165) is 70.1 Å². The van der Waals surface area contributed by atoms with Gasteiger partial charge in [-0.1, -0.05) is 52.0 Å². The molecule has 17 nitrogen and oxygen atoms in total. The molecule has 7 N–H and O–H groups in total. The van der Waals surface area contributed by atoms with Crippen molar-refractivity contribution in [3.05, 3.63) is 60.2 Å². The summed E-state index contributed by atoms with van der Waals surface area (Å²) in [6.45, 7) is 8.93. The van der Waals surface area contributed by atoms with Crippen LogP contribution in [0.5, 0.6) is 0 Å². The van der Waals surface area contributed by atoms with Gasteiger partial charge in [0.25, 0.3) is 0 Å². The molecule has 4 aliphatic carbocycles. The number of aliphatic hydroxyl groups is 5. The number of aliphatic hydroxyl groups excluding tert-OH is 5. The van der Waals surface area contributed by atoms with Crippen LogP contribution in [-0.4, -0.2) is 137 Å². The fourth-order valence-electron chi connectivity index (χ4n) is 15.0. The molecule has 4 aliphatic heterocycles. The first-order valence-corrected chi connectivity index (χ1v) is 26.1. The van der Waals surface area contributed by atoms with Gasteiger partial charge in [-0.05, 0) is 128 Å². The highest BCUT2D eigenvalue weighted by Gasteiger charge is 2.69. The van der Waals surface area contributed by atoms with Crippen molar-refractivity contribution in [2.75, 3.05) is 30.5 Å². The van der Waals surface area contributed by atoms with E-state index in [9.17, 15) is 43.9 Å². The van der Waals surface area contributed by atoms with E-state index in [1.54, 1.807) is 0 Å². The van der Waals surface area contributed by atoms with E-state index >= 15 is 0 Å². The Bertz CT molecular complexity index is 2260. The van der Waals surface area contributed by atoms with Crippen molar-refractivity contribution >= 4 is 23.6 Å². The van der Waals surface area contributed by atoms with Crippen molar-refractivity contribution in [3.8, 4) is 0 Å². The van der Waals surface area contributed by atoms with Crippen LogP contribution in [-0.2, 0) is 37.9 Å². The predicted molar refractivity (Wildman–Crippen MR) is 252 cm³/mol. The highest BCUT2D eigenvalue weighted by Crippen LogP contribution is 2.71. The molecule has 398 valence electrons. The van der Waals surface area contributed by atoms with Crippen molar-refractivity contribution in [1.82, 2.24) is 0 Å². The van der Waals surface area contributed by atoms with Crippen molar-refractivity contribution in [2.24, 2.45) is 52.3 Å². The van der Waals surface area contributed by atoms with Crippen LogP contribution in [0.3, 0.4) is 0 Å². The summed E-state index contributed by atoms with van der Waals surface area (Å²) in [6, 6.07) is 10.5. The lowest BCUT2D eigenvalue weighted by atomic mass is 9.44. The molecular weight excluding hydrogens is 943 g/mol. The van der Waals surface area contributed by atoms with Gasteiger partial charge >= 0.3 is 12.2 Å². The number of anilines is 2. The first kappa shape index (κ1) is 51.9. The zero-order chi connectivity index (χ0) is 50.9. The van der Waals surface area contributed by atoms with Crippen LogP contribution in [0, 0.1) is 63.9 Å². The molecule has 4 heterocycles. The van der Waals surface area contributed by atoms with E-state index < -0.39 is 104 Å². The molecule has 2 aromatic carbocycles. The zero-order valence-corrected chi connectivity index (χ0v) is 41.4. The maximum Gasteiger partial charge on any atom is 0.412 e. The normalized spacial score (nSPS) is 45.5. The van der Waals surface area contributed by atoms with Crippen LogP contribution in [0.25, 0.3) is 0 Å². The average molecular weight is 1020 g/mol. The number of ether oxygens (including phenoxy) is 8. The van der Waals surface area contributed by atoms with Crippen LogP contribution in [0.4, 0.5) is 29.7 Å². The summed E-state index contributed by atoms with van der Waals surface area (Å²) in [4.78, 5) is 25.8. The highest BCUT2D eigenvalue weighted by molar-refractivity contribution is 5.85. The van der Waals surface area contributed by atoms with Crippen LogP contribution in [0.2, 0.25) is 0 Å². The molecule has 1 spiro atoms. The van der Waals surface area contributed by atoms with E-state index in [0.29, 0.717) is 41.4 Å². The lowest BCUT2D eigenvalue weighted by molar-refractivity contribution is -0.363. The second-order valence-electron chi connectivity index (χ2n) is 22.7. The maximum atomic E-state index is 14.4. The van der Waals surface area contributed by atoms with E-state index in [1.807, 2.05) is 0 Å². The summed E-state index contributed by atoms with van der Waals surface area (Å²) in [5.74, 6) is 1.63. The molecule has 0 radical (unpaired) electrons. The average Bonchev–Trinajstić information content (AvgIpc) is 3.81. The molecule has 0 bridgehead atoms. The van der Waals surface area contributed by atoms with E-state index in [2.05, 4.69) is 38.3 Å². The summed E-state index contributed by atoms with van der Waals surface area (Å²) >= 11 is 0. The van der Waals surface area contributed by atoms with Gasteiger partial charge in [0.1, 0.15) is 61.0 Å². The standard InChI is InChI=1S/C53H72F2N2O15/c1-26-15-20-53(66-24-26)27(2)40-37(72-53)22-32-30-14-13-28-21-29(16-18-51(28,3)31(30)17-19-52(32,40)4)67-47-43(61)41(59)45(38(23-58)68-47)70-48-44(62)42(60)46(71-50(64)57-36-12-8-6-10-34(36)55)39(69-48)25-65-49(63)56-35-11-7-5-9-33(35)54/h5-12,26-32,37-48,58-62H,13-25H2,1-4H3,(H,56,63)(H,57,64)/t26-,27+,28+,29+,30-,31+,32+,37+,38-,39-,40+,41-,42-,43-,44-,45-,46-,47-,48+,51+,52+,53-/m1/s1. The molecule has 4 saturated heterocycles. The Morgan fingerprint density at radius 3 is 2.03 bits per heavy atom. The summed E-state index contributed by atoms with van der Waals surface area (Å²) < 4.78 is 77.3. The number of hydrogen-bond acceptors (Lipinski definition) is 15. The van der Waals surface area contributed by atoms with Gasteiger partial charge in [0.15, 0.2) is 24.5 Å². The van der Waals surface area contributed by atoms with Gasteiger partial charge in [-0.25, -0.2) is 18.4 Å². The molecular formula is C53H72F2N2O15. The third kappa shape index (κ3) is 9.45. The third-order valence-electron chi connectivity index (χ3n) is 18.8. The predicted octanol–water partition coefficient (Wildman–Crippen LogP) is 6.23. The SMILES string of the molecule is C[C@@H]1CC[C@@]2(OC1)O[C@H]1C[C@H]3[C@@H]4CC[C@H]5C[C@@H](O[C@@H]6O[C@H](CO)[C@@H](O[C@@H]7O[C@H](COC(=O)Nc8ccccc8F)[C@@H](OC(=O)Nc8ccccc8F)[C@H](O)[C@H]7O)[C@H](O)[C@H]6O)CC[C@]5(C)[C@H]4CC[C@]3(C)[C@H]1[C@@H]2C. The van der Waals surface area contributed by atoms with E-state index in [-0.39, 0.29) is 34.4 Å². The van der Waals surface area contributed by atoms with Crippen molar-refractivity contribution < 1.29 is 81.8 Å². The zero-order valence-electron chi connectivity index (χ0n) is 41.4. The number of carbonyl (C=O) groups excluding carboxylic acids is 2. The lowest BCUT2D eigenvalue weighted by Gasteiger charge is -2.61. The Balaban J connectivity index is 0.767. The Kier molecular flexibility index (Phi) is 14.8. The Hall–Kier alpha value is -3.60. The van der Waals surface area contributed by atoms with Crippen LogP contribution >= 0.6 is 0 Å². The van der Waals surface area contributed by atoms with Gasteiger partial charge in [-0.3, -0.25) is 10.6 Å². The van der Waals surface area contributed by atoms with Crippen molar-refractivity contribution in [1.29, 1.82) is 0 Å². The number of halogens is 2. The molecule has 8 fully saturated rings. The van der Waals surface area contributed by atoms with E-state index in [4.69, 9.17) is 37.9 Å². The Morgan fingerprint density at radius 1 is 0.722 bits per heavy atom. The number of hydrogen-bond donors (Lipinski definition) is 7. The minimum absolute atomic E-state index is 0.113. The Labute approximate surface area is 418 Å². The van der Waals surface area contributed by atoms with Gasteiger partial charge in [0.05, 0.1) is 36.8 Å². The van der Waals surface area contributed by atoms with Gasteiger partial charge in [0, 0.05) is 12.3 Å². The summed E-state index contributed by atoms with van der Waals surface area (Å²) in [6.07, 6.45) is -9.27. The third-order valence-corrected chi connectivity index (χ3v) is 18.8. The molecule has 19 heteroatoms. The van der Waals surface area contributed by atoms with Gasteiger partial charge in [-0.2, -0.15) is 0 Å². The second kappa shape index (κ2) is 20.5. The number of benzene rings is 2.